The molecule has 1 saturated heterocycles. The lowest BCUT2D eigenvalue weighted by Gasteiger charge is -2.25. The Morgan fingerprint density at radius 3 is 3.00 bits per heavy atom. The van der Waals surface area contributed by atoms with Gasteiger partial charge < -0.3 is 4.90 Å². The second-order valence-corrected chi connectivity index (χ2v) is 3.61. The summed E-state index contributed by atoms with van der Waals surface area (Å²) >= 11 is 0. The Hall–Kier alpha value is -1.13. The van der Waals surface area contributed by atoms with Crippen LogP contribution in [0.15, 0.2) is 0 Å². The van der Waals surface area contributed by atoms with Crippen molar-refractivity contribution in [1.82, 2.24) is 20.6 Å². The third-order valence-corrected chi connectivity index (χ3v) is 2.82. The van der Waals surface area contributed by atoms with Crippen molar-refractivity contribution in [3.05, 3.63) is 0 Å². The van der Waals surface area contributed by atoms with E-state index in [4.69, 9.17) is 0 Å². The normalized spacial score (nSPS) is 28.3. The van der Waals surface area contributed by atoms with Crippen LogP contribution in [-0.4, -0.2) is 32.7 Å². The number of nitrogens with zero attached hydrogens (tertiary/aromatic N) is 4. The third kappa shape index (κ3) is 1.38. The first-order chi connectivity index (χ1) is 6.33. The summed E-state index contributed by atoms with van der Waals surface area (Å²) in [5.74, 6) is 0.747. The van der Waals surface area contributed by atoms with E-state index in [-0.39, 0.29) is 0 Å². The van der Waals surface area contributed by atoms with Crippen molar-refractivity contribution in [3.63, 3.8) is 0 Å². The van der Waals surface area contributed by atoms with E-state index < -0.39 is 0 Å². The van der Waals surface area contributed by atoms with Gasteiger partial charge in [0.15, 0.2) is 0 Å². The van der Waals surface area contributed by atoms with Crippen LogP contribution in [0, 0.1) is 0 Å². The van der Waals surface area contributed by atoms with E-state index in [2.05, 4.69) is 39.4 Å². The van der Waals surface area contributed by atoms with E-state index in [0.717, 1.165) is 12.4 Å². The van der Waals surface area contributed by atoms with Crippen molar-refractivity contribution >= 4 is 5.95 Å². The maximum absolute atomic E-state index is 4.03. The van der Waals surface area contributed by atoms with Crippen LogP contribution in [0.2, 0.25) is 0 Å². The van der Waals surface area contributed by atoms with Crippen molar-refractivity contribution < 1.29 is 0 Å². The van der Waals surface area contributed by atoms with E-state index in [9.17, 15) is 0 Å². The molecule has 0 aromatic carbocycles. The third-order valence-electron chi connectivity index (χ3n) is 2.82. The molecule has 13 heavy (non-hydrogen) atoms. The van der Waals surface area contributed by atoms with Crippen LogP contribution in [0.25, 0.3) is 0 Å². The molecule has 2 unspecified atom stereocenters. The first-order valence-electron chi connectivity index (χ1n) is 4.84. The zero-order valence-corrected chi connectivity index (χ0v) is 8.06. The summed E-state index contributed by atoms with van der Waals surface area (Å²) in [5, 5.41) is 14.1. The summed E-state index contributed by atoms with van der Waals surface area (Å²) in [4.78, 5) is 2.27. The number of hydrogen-bond donors (Lipinski definition) is 1. The van der Waals surface area contributed by atoms with Gasteiger partial charge in [0.05, 0.1) is 0 Å². The molecule has 1 fully saturated rings. The van der Waals surface area contributed by atoms with Gasteiger partial charge in [0.25, 0.3) is 5.95 Å². The van der Waals surface area contributed by atoms with Gasteiger partial charge in [-0.15, -0.1) is 5.10 Å². The summed E-state index contributed by atoms with van der Waals surface area (Å²) < 4.78 is 0. The topological polar surface area (TPSA) is 57.7 Å². The van der Waals surface area contributed by atoms with Gasteiger partial charge >= 0.3 is 0 Å². The summed E-state index contributed by atoms with van der Waals surface area (Å²) in [6, 6.07) is 1.13. The van der Waals surface area contributed by atoms with Gasteiger partial charge in [-0.05, 0) is 31.4 Å². The van der Waals surface area contributed by atoms with E-state index >= 15 is 0 Å². The van der Waals surface area contributed by atoms with Gasteiger partial charge in [0.1, 0.15) is 0 Å². The minimum atomic E-state index is 0.544. The quantitative estimate of drug-likeness (QED) is 0.738. The highest BCUT2D eigenvalue weighted by Gasteiger charge is 2.31. The zero-order chi connectivity index (χ0) is 9.26. The van der Waals surface area contributed by atoms with Crippen molar-refractivity contribution in [1.29, 1.82) is 0 Å². The molecule has 0 aliphatic carbocycles. The first kappa shape index (κ1) is 8.47. The highest BCUT2D eigenvalue weighted by atomic mass is 15.5. The maximum Gasteiger partial charge on any atom is 0.266 e. The van der Waals surface area contributed by atoms with Crippen molar-refractivity contribution in [3.8, 4) is 0 Å². The molecule has 2 heterocycles. The van der Waals surface area contributed by atoms with Crippen LogP contribution in [-0.2, 0) is 0 Å². The molecule has 2 atom stereocenters. The number of nitrogens with one attached hydrogen (secondary N) is 1. The number of hydrogen-bond acceptors (Lipinski definition) is 4. The Balaban J connectivity index is 2.20. The van der Waals surface area contributed by atoms with Crippen LogP contribution in [0.1, 0.15) is 33.1 Å². The van der Waals surface area contributed by atoms with Gasteiger partial charge in [0.2, 0.25) is 0 Å². The van der Waals surface area contributed by atoms with Crippen LogP contribution < -0.4 is 4.90 Å². The SMILES string of the molecule is CCC1CCC(C)N1c1nn[nH]n1. The van der Waals surface area contributed by atoms with Gasteiger partial charge in [0, 0.05) is 12.1 Å². The lowest BCUT2D eigenvalue weighted by atomic mass is 10.2. The van der Waals surface area contributed by atoms with Gasteiger partial charge in [-0.25, -0.2) is 0 Å². The van der Waals surface area contributed by atoms with Crippen molar-refractivity contribution in [2.24, 2.45) is 0 Å². The lowest BCUT2D eigenvalue weighted by Crippen LogP contribution is -2.34. The van der Waals surface area contributed by atoms with Gasteiger partial charge in [-0.3, -0.25) is 0 Å². The van der Waals surface area contributed by atoms with Crippen molar-refractivity contribution in [2.45, 2.75) is 45.2 Å². The van der Waals surface area contributed by atoms with E-state index in [1.807, 2.05) is 0 Å². The number of H-pyrrole nitrogens is 1. The smallest absolute Gasteiger partial charge is 0.266 e. The molecule has 0 radical (unpaired) electrons. The van der Waals surface area contributed by atoms with Crippen LogP contribution in [0.4, 0.5) is 5.95 Å². The minimum Gasteiger partial charge on any atom is -0.333 e. The molecule has 1 aromatic heterocycles. The molecule has 0 bridgehead atoms. The fourth-order valence-electron chi connectivity index (χ4n) is 2.10. The fourth-order valence-corrected chi connectivity index (χ4v) is 2.10. The Labute approximate surface area is 77.5 Å². The molecule has 72 valence electrons. The summed E-state index contributed by atoms with van der Waals surface area (Å²) in [5.41, 5.74) is 0. The number of anilines is 1. The molecule has 1 aliphatic heterocycles. The zero-order valence-electron chi connectivity index (χ0n) is 8.06. The van der Waals surface area contributed by atoms with Crippen LogP contribution >= 0.6 is 0 Å². The van der Waals surface area contributed by atoms with Crippen molar-refractivity contribution in [2.75, 3.05) is 4.90 Å². The molecule has 1 N–H and O–H groups in total. The number of rotatable bonds is 2. The molecule has 1 aromatic rings. The van der Waals surface area contributed by atoms with Crippen LogP contribution in [0.3, 0.4) is 0 Å². The Morgan fingerprint density at radius 2 is 2.38 bits per heavy atom. The monoisotopic (exact) mass is 181 g/mol. The second kappa shape index (κ2) is 3.32. The number of aromatic amines is 1. The Morgan fingerprint density at radius 1 is 1.54 bits per heavy atom. The molecule has 0 saturated carbocycles. The lowest BCUT2D eigenvalue weighted by molar-refractivity contribution is 0.613. The predicted molar refractivity (Wildman–Crippen MR) is 49.4 cm³/mol. The summed E-state index contributed by atoms with van der Waals surface area (Å²) in [6.45, 7) is 4.42. The van der Waals surface area contributed by atoms with Gasteiger partial charge in [-0.2, -0.15) is 5.21 Å². The second-order valence-electron chi connectivity index (χ2n) is 3.61. The van der Waals surface area contributed by atoms with Gasteiger partial charge in [-0.1, -0.05) is 12.0 Å². The minimum absolute atomic E-state index is 0.544. The maximum atomic E-state index is 4.03. The number of aromatic nitrogens is 4. The van der Waals surface area contributed by atoms with E-state index in [1.165, 1.54) is 12.8 Å². The predicted octanol–water partition coefficient (Wildman–Crippen LogP) is 0.967. The summed E-state index contributed by atoms with van der Waals surface area (Å²) in [6.07, 6.45) is 3.62. The molecule has 0 amide bonds. The Bertz CT molecular complexity index is 258. The average Bonchev–Trinajstić information content (AvgIpc) is 2.72. The molecular weight excluding hydrogens is 166 g/mol. The number of tetrazole rings is 1. The molecular formula is C8H15N5. The summed E-state index contributed by atoms with van der Waals surface area (Å²) in [7, 11) is 0. The highest BCUT2D eigenvalue weighted by molar-refractivity contribution is 5.32. The molecule has 5 nitrogen and oxygen atoms in total. The van der Waals surface area contributed by atoms with Crippen LogP contribution in [0.5, 0.6) is 0 Å². The van der Waals surface area contributed by atoms with E-state index in [1.54, 1.807) is 0 Å². The Kier molecular flexibility index (Phi) is 2.16. The standard InChI is InChI=1S/C8H15N5/c1-3-7-5-4-6(2)13(7)8-9-11-12-10-8/h6-7H,3-5H2,1-2H3,(H,9,10,11,12). The largest absolute Gasteiger partial charge is 0.333 e. The molecule has 2 rings (SSSR count). The fraction of sp³-hybridized carbons (Fsp3) is 0.875. The van der Waals surface area contributed by atoms with E-state index in [0.29, 0.717) is 12.1 Å². The highest BCUT2D eigenvalue weighted by Crippen LogP contribution is 2.28. The molecule has 1 aliphatic rings. The first-order valence-corrected chi connectivity index (χ1v) is 4.84. The average molecular weight is 181 g/mol. The molecule has 0 spiro atoms. The molecule has 5 heteroatoms.